The van der Waals surface area contributed by atoms with E-state index in [0.29, 0.717) is 0 Å². The Hall–Kier alpha value is -2.11. The summed E-state index contributed by atoms with van der Waals surface area (Å²) in [5.74, 6) is -0.466. The number of hydrogen-bond acceptors (Lipinski definition) is 2. The summed E-state index contributed by atoms with van der Waals surface area (Å²) in [6.45, 7) is 3.37. The van der Waals surface area contributed by atoms with Crippen LogP contribution in [0.2, 0.25) is 0 Å². The summed E-state index contributed by atoms with van der Waals surface area (Å²) in [6.07, 6.45) is 0.482. The van der Waals surface area contributed by atoms with Crippen molar-refractivity contribution in [3.8, 4) is 0 Å². The van der Waals surface area contributed by atoms with Gasteiger partial charge >= 0.3 is 6.18 Å². The van der Waals surface area contributed by atoms with Crippen LogP contribution in [0, 0.1) is 0 Å². The summed E-state index contributed by atoms with van der Waals surface area (Å²) in [5, 5.41) is 2.35. The van der Waals surface area contributed by atoms with E-state index in [2.05, 4.69) is 16.9 Å². The fraction of sp³-hybridized carbons (Fsp3) is 0.0909. The highest BCUT2D eigenvalue weighted by molar-refractivity contribution is 5.99. The maximum atomic E-state index is 12.2. The van der Waals surface area contributed by atoms with Gasteiger partial charge in [0.15, 0.2) is 0 Å². The standard InChI is InChI=1S/C11H9F3N2O/c1-2-3-4-10(17)16-8-5-6-9(15-7-8)11(12,13)14/h2-7H,1H2,(H,16,17). The van der Waals surface area contributed by atoms with E-state index in [9.17, 15) is 18.0 Å². The number of rotatable bonds is 3. The first-order valence-corrected chi connectivity index (χ1v) is 4.57. The number of nitrogens with one attached hydrogen (secondary N) is 1. The van der Waals surface area contributed by atoms with Crippen LogP contribution in [0.4, 0.5) is 18.9 Å². The summed E-state index contributed by atoms with van der Waals surface area (Å²) in [5.41, 5.74) is -0.811. The molecule has 6 heteroatoms. The number of nitrogens with zero attached hydrogens (tertiary/aromatic N) is 1. The summed E-state index contributed by atoms with van der Waals surface area (Å²) < 4.78 is 36.5. The van der Waals surface area contributed by atoms with Crippen molar-refractivity contribution in [3.63, 3.8) is 0 Å². The molecule has 3 nitrogen and oxygen atoms in total. The molecule has 0 aromatic carbocycles. The second kappa shape index (κ2) is 5.29. The van der Waals surface area contributed by atoms with Gasteiger partial charge in [-0.1, -0.05) is 18.7 Å². The fourth-order valence-corrected chi connectivity index (χ4v) is 0.975. The SMILES string of the molecule is C=CC=CC(=O)Nc1ccc(C(F)(F)F)nc1. The van der Waals surface area contributed by atoms with Gasteiger partial charge in [-0.05, 0) is 12.1 Å². The molecular formula is C11H9F3N2O. The molecule has 0 atom stereocenters. The highest BCUT2D eigenvalue weighted by Crippen LogP contribution is 2.27. The predicted molar refractivity (Wildman–Crippen MR) is 57.2 cm³/mol. The monoisotopic (exact) mass is 242 g/mol. The average molecular weight is 242 g/mol. The molecule has 0 spiro atoms. The van der Waals surface area contributed by atoms with Crippen molar-refractivity contribution in [2.45, 2.75) is 6.18 Å². The molecule has 0 saturated carbocycles. The molecule has 1 aromatic rings. The third-order valence-corrected chi connectivity index (χ3v) is 1.71. The third kappa shape index (κ3) is 4.10. The Bertz CT molecular complexity index is 435. The van der Waals surface area contributed by atoms with Gasteiger partial charge in [-0.2, -0.15) is 13.2 Å². The Kier molecular flexibility index (Phi) is 4.03. The molecule has 0 unspecified atom stereocenters. The van der Waals surface area contributed by atoms with E-state index >= 15 is 0 Å². The van der Waals surface area contributed by atoms with Crippen LogP contribution in [-0.2, 0) is 11.0 Å². The van der Waals surface area contributed by atoms with Gasteiger partial charge in [0.1, 0.15) is 5.69 Å². The van der Waals surface area contributed by atoms with Crippen LogP contribution in [0.5, 0.6) is 0 Å². The molecule has 0 aliphatic rings. The second-order valence-electron chi connectivity index (χ2n) is 3.01. The van der Waals surface area contributed by atoms with Gasteiger partial charge < -0.3 is 5.32 Å². The maximum absolute atomic E-state index is 12.2. The van der Waals surface area contributed by atoms with Gasteiger partial charge in [0.25, 0.3) is 0 Å². The van der Waals surface area contributed by atoms with Crippen LogP contribution in [0.3, 0.4) is 0 Å². The number of hydrogen-bond donors (Lipinski definition) is 1. The number of carbonyl (C=O) groups is 1. The minimum absolute atomic E-state index is 0.191. The number of amides is 1. The van der Waals surface area contributed by atoms with Crippen LogP contribution in [0.15, 0.2) is 43.1 Å². The molecule has 0 fully saturated rings. The number of carbonyl (C=O) groups excluding carboxylic acids is 1. The first-order chi connectivity index (χ1) is 7.93. The first kappa shape index (κ1) is 13.0. The summed E-state index contributed by atoms with van der Waals surface area (Å²) in [7, 11) is 0. The minimum Gasteiger partial charge on any atom is -0.321 e. The lowest BCUT2D eigenvalue weighted by Gasteiger charge is -2.06. The Morgan fingerprint density at radius 2 is 2.12 bits per heavy atom. The summed E-state index contributed by atoms with van der Waals surface area (Å²) >= 11 is 0. The lowest BCUT2D eigenvalue weighted by molar-refractivity contribution is -0.141. The Morgan fingerprint density at radius 3 is 2.59 bits per heavy atom. The van der Waals surface area contributed by atoms with E-state index in [1.165, 1.54) is 18.2 Å². The van der Waals surface area contributed by atoms with Gasteiger partial charge in [-0.15, -0.1) is 0 Å². The molecule has 1 rings (SSSR count). The molecule has 0 radical (unpaired) electrons. The number of pyridine rings is 1. The van der Waals surface area contributed by atoms with Crippen molar-refractivity contribution >= 4 is 11.6 Å². The van der Waals surface area contributed by atoms with Gasteiger partial charge in [-0.25, -0.2) is 4.98 Å². The van der Waals surface area contributed by atoms with Crippen LogP contribution in [0.25, 0.3) is 0 Å². The third-order valence-electron chi connectivity index (χ3n) is 1.71. The predicted octanol–water partition coefficient (Wildman–Crippen LogP) is 2.78. The topological polar surface area (TPSA) is 42.0 Å². The quantitative estimate of drug-likeness (QED) is 0.654. The molecular weight excluding hydrogens is 233 g/mol. The highest BCUT2D eigenvalue weighted by atomic mass is 19.4. The average Bonchev–Trinajstić information content (AvgIpc) is 2.26. The van der Waals surface area contributed by atoms with E-state index in [1.807, 2.05) is 0 Å². The molecule has 0 aliphatic heterocycles. The van der Waals surface area contributed by atoms with Crippen LogP contribution < -0.4 is 5.32 Å². The van der Waals surface area contributed by atoms with Gasteiger partial charge in [0.2, 0.25) is 5.91 Å². The van der Waals surface area contributed by atoms with Gasteiger partial charge in [0.05, 0.1) is 11.9 Å². The molecule has 17 heavy (non-hydrogen) atoms. The molecule has 0 saturated heterocycles. The van der Waals surface area contributed by atoms with E-state index in [-0.39, 0.29) is 5.69 Å². The lowest BCUT2D eigenvalue weighted by atomic mass is 10.3. The minimum atomic E-state index is -4.48. The molecule has 1 N–H and O–H groups in total. The van der Waals surface area contributed by atoms with Crippen molar-refractivity contribution in [2.24, 2.45) is 0 Å². The van der Waals surface area contributed by atoms with E-state index < -0.39 is 17.8 Å². The first-order valence-electron chi connectivity index (χ1n) is 4.57. The zero-order valence-electron chi connectivity index (χ0n) is 8.66. The van der Waals surface area contributed by atoms with Crippen LogP contribution >= 0.6 is 0 Å². The van der Waals surface area contributed by atoms with E-state index in [1.54, 1.807) is 0 Å². The number of alkyl halides is 3. The maximum Gasteiger partial charge on any atom is 0.433 e. The number of allylic oxidation sites excluding steroid dienone is 2. The Labute approximate surface area is 95.7 Å². The van der Waals surface area contributed by atoms with E-state index in [4.69, 9.17) is 0 Å². The largest absolute Gasteiger partial charge is 0.433 e. The smallest absolute Gasteiger partial charge is 0.321 e. The molecule has 0 bridgehead atoms. The highest BCUT2D eigenvalue weighted by Gasteiger charge is 2.31. The molecule has 1 aromatic heterocycles. The molecule has 1 heterocycles. The van der Waals surface area contributed by atoms with Crippen molar-refractivity contribution in [1.29, 1.82) is 0 Å². The Morgan fingerprint density at radius 1 is 1.41 bits per heavy atom. The number of aromatic nitrogens is 1. The molecule has 90 valence electrons. The normalized spacial score (nSPS) is 11.5. The number of anilines is 1. The fourth-order valence-electron chi connectivity index (χ4n) is 0.975. The van der Waals surface area contributed by atoms with E-state index in [0.717, 1.165) is 18.3 Å². The summed E-state index contributed by atoms with van der Waals surface area (Å²) in [4.78, 5) is 14.4. The van der Waals surface area contributed by atoms with Crippen LogP contribution in [0.1, 0.15) is 5.69 Å². The summed E-state index contributed by atoms with van der Waals surface area (Å²) in [6, 6.07) is 1.93. The Balaban J connectivity index is 2.72. The second-order valence-corrected chi connectivity index (χ2v) is 3.01. The van der Waals surface area contributed by atoms with Crippen molar-refractivity contribution in [2.75, 3.05) is 5.32 Å². The number of halogens is 3. The van der Waals surface area contributed by atoms with Crippen molar-refractivity contribution in [1.82, 2.24) is 4.98 Å². The zero-order chi connectivity index (χ0) is 12.9. The van der Waals surface area contributed by atoms with Gasteiger partial charge in [0, 0.05) is 6.08 Å². The van der Waals surface area contributed by atoms with Crippen molar-refractivity contribution < 1.29 is 18.0 Å². The van der Waals surface area contributed by atoms with Crippen LogP contribution in [-0.4, -0.2) is 10.9 Å². The van der Waals surface area contributed by atoms with Gasteiger partial charge in [-0.3, -0.25) is 4.79 Å². The zero-order valence-corrected chi connectivity index (χ0v) is 8.66. The molecule has 0 aliphatic carbocycles. The lowest BCUT2D eigenvalue weighted by Crippen LogP contribution is -2.10. The van der Waals surface area contributed by atoms with Crippen molar-refractivity contribution in [3.05, 3.63) is 48.8 Å². The molecule has 1 amide bonds.